The van der Waals surface area contributed by atoms with Crippen LogP contribution in [0.15, 0.2) is 0 Å². The van der Waals surface area contributed by atoms with Crippen molar-refractivity contribution in [3.63, 3.8) is 0 Å². The molecule has 0 aromatic rings. The number of piperazine rings is 1. The molecule has 3 heteroatoms. The predicted octanol–water partition coefficient (Wildman–Crippen LogP) is 1.35. The van der Waals surface area contributed by atoms with Gasteiger partial charge in [0.15, 0.2) is 0 Å². The molecule has 0 bridgehead atoms. The molecule has 1 unspecified atom stereocenters. The summed E-state index contributed by atoms with van der Waals surface area (Å²) in [4.78, 5) is 7.49. The highest BCUT2D eigenvalue weighted by atomic mass is 15.3. The third-order valence-corrected chi connectivity index (χ3v) is 3.94. The molecule has 0 saturated carbocycles. The lowest BCUT2D eigenvalue weighted by atomic mass is 10.1. The molecule has 0 aliphatic carbocycles. The topological polar surface area (TPSA) is 9.72 Å². The number of likely N-dealkylation sites (N-methyl/N-ethyl adjacent to an activating group) is 1. The van der Waals surface area contributed by atoms with Gasteiger partial charge in [0, 0.05) is 38.3 Å². The lowest BCUT2D eigenvalue weighted by Gasteiger charge is -2.37. The SMILES string of the molecule is CC(C)N(C)CCC(C)N1CCN(C)CC1. The molecule has 0 aromatic heterocycles. The van der Waals surface area contributed by atoms with Gasteiger partial charge >= 0.3 is 0 Å². The molecule has 16 heavy (non-hydrogen) atoms. The van der Waals surface area contributed by atoms with Crippen LogP contribution in [-0.4, -0.2) is 73.6 Å². The second-order valence-corrected chi connectivity index (χ2v) is 5.55. The molecule has 0 aromatic carbocycles. The van der Waals surface area contributed by atoms with Crippen LogP contribution < -0.4 is 0 Å². The molecule has 1 fully saturated rings. The Balaban J connectivity index is 2.22. The van der Waals surface area contributed by atoms with Gasteiger partial charge in [-0.05, 0) is 47.8 Å². The summed E-state index contributed by atoms with van der Waals surface area (Å²) in [6, 6.07) is 1.40. The van der Waals surface area contributed by atoms with Crippen LogP contribution in [0.1, 0.15) is 27.2 Å². The molecule has 1 aliphatic heterocycles. The second kappa shape index (κ2) is 6.58. The standard InChI is InChI=1S/C13H29N3/c1-12(2)15(5)7-6-13(3)16-10-8-14(4)9-11-16/h12-13H,6-11H2,1-5H3. The smallest absolute Gasteiger partial charge is 0.0113 e. The molecule has 0 N–H and O–H groups in total. The third-order valence-electron chi connectivity index (χ3n) is 3.94. The highest BCUT2D eigenvalue weighted by Crippen LogP contribution is 2.09. The van der Waals surface area contributed by atoms with Gasteiger partial charge in [-0.2, -0.15) is 0 Å². The Morgan fingerprint density at radius 1 is 1.06 bits per heavy atom. The molecule has 0 amide bonds. The zero-order valence-electron chi connectivity index (χ0n) is 11.7. The summed E-state index contributed by atoms with van der Waals surface area (Å²) in [6.45, 7) is 13.0. The molecule has 0 radical (unpaired) electrons. The number of hydrogen-bond donors (Lipinski definition) is 0. The first kappa shape index (κ1) is 13.9. The Labute approximate surface area is 101 Å². The van der Waals surface area contributed by atoms with Gasteiger partial charge in [-0.1, -0.05) is 0 Å². The van der Waals surface area contributed by atoms with E-state index in [2.05, 4.69) is 49.6 Å². The number of nitrogens with zero attached hydrogens (tertiary/aromatic N) is 3. The zero-order chi connectivity index (χ0) is 12.1. The fourth-order valence-corrected chi connectivity index (χ4v) is 2.09. The van der Waals surface area contributed by atoms with E-state index in [1.165, 1.54) is 39.1 Å². The highest BCUT2D eigenvalue weighted by molar-refractivity contribution is 4.75. The summed E-state index contributed by atoms with van der Waals surface area (Å²) in [5, 5.41) is 0. The van der Waals surface area contributed by atoms with Crippen molar-refractivity contribution in [3.05, 3.63) is 0 Å². The molecule has 1 aliphatic rings. The molecule has 96 valence electrons. The maximum atomic E-state index is 2.63. The second-order valence-electron chi connectivity index (χ2n) is 5.55. The number of hydrogen-bond acceptors (Lipinski definition) is 3. The molecule has 1 atom stereocenters. The average molecular weight is 227 g/mol. The maximum absolute atomic E-state index is 2.63. The minimum absolute atomic E-state index is 0.666. The lowest BCUT2D eigenvalue weighted by molar-refractivity contribution is 0.106. The average Bonchev–Trinajstić information content (AvgIpc) is 2.26. The van der Waals surface area contributed by atoms with Gasteiger partial charge in [0.2, 0.25) is 0 Å². The van der Waals surface area contributed by atoms with E-state index in [0.717, 1.165) is 6.04 Å². The van der Waals surface area contributed by atoms with E-state index in [0.29, 0.717) is 6.04 Å². The molecule has 0 spiro atoms. The minimum atomic E-state index is 0.666. The molecule has 1 rings (SSSR count). The Hall–Kier alpha value is -0.120. The fraction of sp³-hybridized carbons (Fsp3) is 1.00. The quantitative estimate of drug-likeness (QED) is 0.702. The van der Waals surface area contributed by atoms with E-state index in [1.807, 2.05) is 0 Å². The van der Waals surface area contributed by atoms with Crippen LogP contribution in [0.25, 0.3) is 0 Å². The first-order valence-corrected chi connectivity index (χ1v) is 6.63. The molecule has 1 heterocycles. The van der Waals surface area contributed by atoms with Crippen molar-refractivity contribution >= 4 is 0 Å². The Morgan fingerprint density at radius 2 is 1.62 bits per heavy atom. The van der Waals surface area contributed by atoms with Gasteiger partial charge in [-0.3, -0.25) is 4.90 Å². The fourth-order valence-electron chi connectivity index (χ4n) is 2.09. The highest BCUT2D eigenvalue weighted by Gasteiger charge is 2.19. The Morgan fingerprint density at radius 3 is 2.12 bits per heavy atom. The first-order valence-electron chi connectivity index (χ1n) is 6.63. The van der Waals surface area contributed by atoms with Gasteiger partial charge < -0.3 is 9.80 Å². The van der Waals surface area contributed by atoms with E-state index in [4.69, 9.17) is 0 Å². The van der Waals surface area contributed by atoms with Crippen molar-refractivity contribution in [2.24, 2.45) is 0 Å². The van der Waals surface area contributed by atoms with E-state index in [1.54, 1.807) is 0 Å². The summed E-state index contributed by atoms with van der Waals surface area (Å²) in [7, 11) is 4.44. The molecular weight excluding hydrogens is 198 g/mol. The van der Waals surface area contributed by atoms with Gasteiger partial charge in [-0.25, -0.2) is 0 Å². The van der Waals surface area contributed by atoms with E-state index in [-0.39, 0.29) is 0 Å². The summed E-state index contributed by atoms with van der Waals surface area (Å²) in [6.07, 6.45) is 1.29. The zero-order valence-corrected chi connectivity index (χ0v) is 11.7. The van der Waals surface area contributed by atoms with Crippen LogP contribution in [0.5, 0.6) is 0 Å². The molecular formula is C13H29N3. The number of rotatable bonds is 5. The van der Waals surface area contributed by atoms with Crippen LogP contribution >= 0.6 is 0 Å². The predicted molar refractivity (Wildman–Crippen MR) is 70.9 cm³/mol. The third kappa shape index (κ3) is 4.40. The van der Waals surface area contributed by atoms with Crippen LogP contribution in [0, 0.1) is 0 Å². The van der Waals surface area contributed by atoms with Crippen molar-refractivity contribution in [1.82, 2.24) is 14.7 Å². The van der Waals surface area contributed by atoms with E-state index in [9.17, 15) is 0 Å². The van der Waals surface area contributed by atoms with Gasteiger partial charge in [0.25, 0.3) is 0 Å². The normalized spacial score (nSPS) is 21.9. The van der Waals surface area contributed by atoms with Gasteiger partial charge in [-0.15, -0.1) is 0 Å². The maximum Gasteiger partial charge on any atom is 0.0113 e. The van der Waals surface area contributed by atoms with Gasteiger partial charge in [0.1, 0.15) is 0 Å². The summed E-state index contributed by atoms with van der Waals surface area (Å²) in [5.74, 6) is 0. The molecule has 1 saturated heterocycles. The van der Waals surface area contributed by atoms with Crippen LogP contribution in [0.2, 0.25) is 0 Å². The van der Waals surface area contributed by atoms with E-state index < -0.39 is 0 Å². The lowest BCUT2D eigenvalue weighted by Crippen LogP contribution is -2.48. The van der Waals surface area contributed by atoms with E-state index >= 15 is 0 Å². The summed E-state index contributed by atoms with van der Waals surface area (Å²) < 4.78 is 0. The Bertz CT molecular complexity index is 186. The monoisotopic (exact) mass is 227 g/mol. The van der Waals surface area contributed by atoms with Crippen LogP contribution in [0.3, 0.4) is 0 Å². The summed E-state index contributed by atoms with van der Waals surface area (Å²) in [5.41, 5.74) is 0. The minimum Gasteiger partial charge on any atom is -0.304 e. The summed E-state index contributed by atoms with van der Waals surface area (Å²) >= 11 is 0. The largest absolute Gasteiger partial charge is 0.304 e. The van der Waals surface area contributed by atoms with Crippen molar-refractivity contribution in [1.29, 1.82) is 0 Å². The van der Waals surface area contributed by atoms with Crippen molar-refractivity contribution in [2.45, 2.75) is 39.3 Å². The van der Waals surface area contributed by atoms with Crippen molar-refractivity contribution in [3.8, 4) is 0 Å². The Kier molecular flexibility index (Phi) is 5.73. The van der Waals surface area contributed by atoms with Crippen molar-refractivity contribution < 1.29 is 0 Å². The first-order chi connectivity index (χ1) is 7.50. The van der Waals surface area contributed by atoms with Gasteiger partial charge in [0.05, 0.1) is 0 Å². The molecule has 3 nitrogen and oxygen atoms in total. The van der Waals surface area contributed by atoms with Crippen molar-refractivity contribution in [2.75, 3.05) is 46.8 Å². The van der Waals surface area contributed by atoms with Crippen LogP contribution in [-0.2, 0) is 0 Å². The van der Waals surface area contributed by atoms with Crippen LogP contribution in [0.4, 0.5) is 0 Å².